The standard InChI is InChI=1S/C16H12BrFN2O/c1-9-6-12(17)13(18)8-14(9)20-15(19)7-10-4-2-3-5-11(10)16(20)21/h2-8H,19H2,1H3. The highest BCUT2D eigenvalue weighted by molar-refractivity contribution is 9.10. The fraction of sp³-hybridized carbons (Fsp3) is 0.0625. The third-order valence-electron chi connectivity index (χ3n) is 3.44. The third-order valence-corrected chi connectivity index (χ3v) is 4.04. The van der Waals surface area contributed by atoms with Crippen molar-refractivity contribution in [2.24, 2.45) is 0 Å². The van der Waals surface area contributed by atoms with Gasteiger partial charge in [-0.05, 0) is 58.1 Å². The van der Waals surface area contributed by atoms with Crippen LogP contribution in [0.15, 0.2) is 51.7 Å². The Morgan fingerprint density at radius 3 is 2.67 bits per heavy atom. The Hall–Kier alpha value is -2.14. The second-order valence-electron chi connectivity index (χ2n) is 4.85. The first-order chi connectivity index (χ1) is 9.99. The van der Waals surface area contributed by atoms with Gasteiger partial charge in [0, 0.05) is 5.39 Å². The molecule has 0 fully saturated rings. The second-order valence-corrected chi connectivity index (χ2v) is 5.70. The van der Waals surface area contributed by atoms with Gasteiger partial charge < -0.3 is 5.73 Å². The molecule has 0 radical (unpaired) electrons. The number of aromatic nitrogens is 1. The first kappa shape index (κ1) is 13.8. The highest BCUT2D eigenvalue weighted by Gasteiger charge is 2.13. The molecule has 1 heterocycles. The van der Waals surface area contributed by atoms with Gasteiger partial charge in [0.2, 0.25) is 0 Å². The van der Waals surface area contributed by atoms with E-state index in [4.69, 9.17) is 5.73 Å². The first-order valence-electron chi connectivity index (χ1n) is 6.35. The number of rotatable bonds is 1. The van der Waals surface area contributed by atoms with Crippen LogP contribution < -0.4 is 11.3 Å². The molecule has 106 valence electrons. The molecule has 3 aromatic rings. The Balaban J connectivity index is 2.41. The lowest BCUT2D eigenvalue weighted by Crippen LogP contribution is -2.22. The molecule has 0 saturated heterocycles. The van der Waals surface area contributed by atoms with E-state index in [0.717, 1.165) is 10.9 Å². The van der Waals surface area contributed by atoms with Gasteiger partial charge in [-0.2, -0.15) is 0 Å². The van der Waals surface area contributed by atoms with Crippen molar-refractivity contribution in [2.45, 2.75) is 6.92 Å². The Morgan fingerprint density at radius 2 is 1.90 bits per heavy atom. The van der Waals surface area contributed by atoms with Crippen molar-refractivity contribution in [3.8, 4) is 5.69 Å². The number of benzene rings is 2. The van der Waals surface area contributed by atoms with E-state index in [9.17, 15) is 9.18 Å². The predicted molar refractivity (Wildman–Crippen MR) is 86.4 cm³/mol. The number of hydrogen-bond donors (Lipinski definition) is 1. The Kier molecular flexibility index (Phi) is 3.29. The molecule has 0 aliphatic rings. The minimum absolute atomic E-state index is 0.254. The minimum atomic E-state index is -0.435. The summed E-state index contributed by atoms with van der Waals surface area (Å²) in [5.74, 6) is -0.154. The summed E-state index contributed by atoms with van der Waals surface area (Å²) in [6.07, 6.45) is 0. The number of nitrogen functional groups attached to an aromatic ring is 1. The molecule has 0 amide bonds. The van der Waals surface area contributed by atoms with E-state index < -0.39 is 5.82 Å². The van der Waals surface area contributed by atoms with Crippen molar-refractivity contribution in [3.05, 3.63) is 68.7 Å². The van der Waals surface area contributed by atoms with Gasteiger partial charge in [-0.25, -0.2) is 4.39 Å². The van der Waals surface area contributed by atoms with Crippen molar-refractivity contribution in [1.82, 2.24) is 4.57 Å². The maximum Gasteiger partial charge on any atom is 0.264 e. The Labute approximate surface area is 128 Å². The van der Waals surface area contributed by atoms with Gasteiger partial charge in [0.05, 0.1) is 10.2 Å². The monoisotopic (exact) mass is 346 g/mol. The lowest BCUT2D eigenvalue weighted by atomic mass is 10.1. The van der Waals surface area contributed by atoms with E-state index in [1.54, 1.807) is 31.2 Å². The molecule has 0 unspecified atom stereocenters. The zero-order valence-corrected chi connectivity index (χ0v) is 12.8. The molecule has 2 N–H and O–H groups in total. The minimum Gasteiger partial charge on any atom is -0.385 e. The van der Waals surface area contributed by atoms with Crippen LogP contribution in [0.1, 0.15) is 5.56 Å². The van der Waals surface area contributed by atoms with Crippen molar-refractivity contribution >= 4 is 32.5 Å². The molecule has 0 bridgehead atoms. The molecule has 0 saturated carbocycles. The number of fused-ring (bicyclic) bond motifs is 1. The van der Waals surface area contributed by atoms with E-state index in [-0.39, 0.29) is 11.4 Å². The van der Waals surface area contributed by atoms with Gasteiger partial charge in [-0.15, -0.1) is 0 Å². The number of pyridine rings is 1. The van der Waals surface area contributed by atoms with Gasteiger partial charge in [0.15, 0.2) is 0 Å². The van der Waals surface area contributed by atoms with E-state index >= 15 is 0 Å². The summed E-state index contributed by atoms with van der Waals surface area (Å²) in [6.45, 7) is 1.81. The number of nitrogens with zero attached hydrogens (tertiary/aromatic N) is 1. The Morgan fingerprint density at radius 1 is 1.19 bits per heavy atom. The maximum atomic E-state index is 13.8. The van der Waals surface area contributed by atoms with Gasteiger partial charge in [0.1, 0.15) is 11.6 Å². The number of anilines is 1. The molecule has 5 heteroatoms. The largest absolute Gasteiger partial charge is 0.385 e. The Bertz CT molecular complexity index is 918. The fourth-order valence-electron chi connectivity index (χ4n) is 2.40. The van der Waals surface area contributed by atoms with E-state index in [1.165, 1.54) is 10.6 Å². The number of nitrogens with two attached hydrogens (primary N) is 1. The normalized spacial score (nSPS) is 11.0. The van der Waals surface area contributed by atoms with E-state index in [2.05, 4.69) is 15.9 Å². The summed E-state index contributed by atoms with van der Waals surface area (Å²) < 4.78 is 15.5. The molecular weight excluding hydrogens is 335 g/mol. The van der Waals surface area contributed by atoms with Crippen LogP contribution in [-0.4, -0.2) is 4.57 Å². The topological polar surface area (TPSA) is 48.0 Å². The second kappa shape index (κ2) is 5.00. The van der Waals surface area contributed by atoms with E-state index in [1.807, 2.05) is 12.1 Å². The smallest absolute Gasteiger partial charge is 0.264 e. The van der Waals surface area contributed by atoms with Crippen LogP contribution in [0.3, 0.4) is 0 Å². The van der Waals surface area contributed by atoms with E-state index in [0.29, 0.717) is 15.5 Å². The van der Waals surface area contributed by atoms with Crippen LogP contribution in [0.4, 0.5) is 10.2 Å². The molecule has 0 spiro atoms. The van der Waals surface area contributed by atoms with Crippen LogP contribution in [0, 0.1) is 12.7 Å². The van der Waals surface area contributed by atoms with Gasteiger partial charge in [-0.3, -0.25) is 9.36 Å². The SMILES string of the molecule is Cc1cc(Br)c(F)cc1-n1c(N)cc2ccccc2c1=O. The third kappa shape index (κ3) is 2.23. The molecule has 0 atom stereocenters. The summed E-state index contributed by atoms with van der Waals surface area (Å²) in [6, 6.07) is 11.9. The molecule has 2 aromatic carbocycles. The molecule has 0 aliphatic carbocycles. The number of halogens is 2. The quantitative estimate of drug-likeness (QED) is 0.728. The fourth-order valence-corrected chi connectivity index (χ4v) is 2.86. The van der Waals surface area contributed by atoms with Gasteiger partial charge in [0.25, 0.3) is 5.56 Å². The summed E-state index contributed by atoms with van der Waals surface area (Å²) in [4.78, 5) is 12.6. The molecule has 3 nitrogen and oxygen atoms in total. The average molecular weight is 347 g/mol. The first-order valence-corrected chi connectivity index (χ1v) is 7.14. The molecule has 0 aliphatic heterocycles. The average Bonchev–Trinajstić information content (AvgIpc) is 2.44. The highest BCUT2D eigenvalue weighted by atomic mass is 79.9. The van der Waals surface area contributed by atoms with Crippen LogP contribution in [0.2, 0.25) is 0 Å². The van der Waals surface area contributed by atoms with Crippen molar-refractivity contribution in [2.75, 3.05) is 5.73 Å². The highest BCUT2D eigenvalue weighted by Crippen LogP contribution is 2.25. The molecule has 1 aromatic heterocycles. The summed E-state index contributed by atoms with van der Waals surface area (Å²) in [7, 11) is 0. The maximum absolute atomic E-state index is 13.8. The molecule has 21 heavy (non-hydrogen) atoms. The van der Waals surface area contributed by atoms with Gasteiger partial charge >= 0.3 is 0 Å². The lowest BCUT2D eigenvalue weighted by molar-refractivity contribution is 0.619. The number of hydrogen-bond acceptors (Lipinski definition) is 2. The van der Waals surface area contributed by atoms with Crippen LogP contribution >= 0.6 is 15.9 Å². The summed E-state index contributed by atoms with van der Waals surface area (Å²) in [5, 5.41) is 1.32. The lowest BCUT2D eigenvalue weighted by Gasteiger charge is -2.14. The predicted octanol–water partition coefficient (Wildman–Crippen LogP) is 3.78. The zero-order valence-electron chi connectivity index (χ0n) is 11.2. The van der Waals surface area contributed by atoms with Gasteiger partial charge in [-0.1, -0.05) is 18.2 Å². The zero-order chi connectivity index (χ0) is 15.1. The van der Waals surface area contributed by atoms with Crippen LogP contribution in [-0.2, 0) is 0 Å². The summed E-state index contributed by atoms with van der Waals surface area (Å²) in [5.41, 5.74) is 6.96. The van der Waals surface area contributed by atoms with Crippen molar-refractivity contribution in [3.63, 3.8) is 0 Å². The van der Waals surface area contributed by atoms with Crippen molar-refractivity contribution in [1.29, 1.82) is 0 Å². The molecule has 3 rings (SSSR count). The van der Waals surface area contributed by atoms with Crippen molar-refractivity contribution < 1.29 is 4.39 Å². The summed E-state index contributed by atoms with van der Waals surface area (Å²) >= 11 is 3.14. The molecular formula is C16H12BrFN2O. The van der Waals surface area contributed by atoms with Crippen LogP contribution in [0.5, 0.6) is 0 Å². The number of aryl methyl sites for hydroxylation is 1. The van der Waals surface area contributed by atoms with Crippen LogP contribution in [0.25, 0.3) is 16.5 Å².